The molecule has 84 valence electrons. The van der Waals surface area contributed by atoms with Crippen molar-refractivity contribution in [2.24, 2.45) is 5.92 Å². The van der Waals surface area contributed by atoms with E-state index < -0.39 is 0 Å². The van der Waals surface area contributed by atoms with Gasteiger partial charge in [-0.2, -0.15) is 5.26 Å². The highest BCUT2D eigenvalue weighted by Crippen LogP contribution is 2.20. The molecule has 1 aliphatic heterocycles. The van der Waals surface area contributed by atoms with E-state index in [4.69, 9.17) is 5.26 Å². The standard InChI is InChI=1S/C11H19N3O/c1-8(9(2)13-3)11(15)14-6-4-5-10(14)7-12/h8-10,13H,4-6H2,1-3H3. The predicted octanol–water partition coefficient (Wildman–Crippen LogP) is 0.745. The molecule has 1 fully saturated rings. The summed E-state index contributed by atoms with van der Waals surface area (Å²) in [5.41, 5.74) is 0. The van der Waals surface area contributed by atoms with Crippen molar-refractivity contribution in [3.63, 3.8) is 0 Å². The molecule has 4 nitrogen and oxygen atoms in total. The Morgan fingerprint density at radius 2 is 2.27 bits per heavy atom. The summed E-state index contributed by atoms with van der Waals surface area (Å²) < 4.78 is 0. The molecule has 0 radical (unpaired) electrons. The van der Waals surface area contributed by atoms with Crippen LogP contribution in [0.5, 0.6) is 0 Å². The van der Waals surface area contributed by atoms with E-state index in [2.05, 4.69) is 11.4 Å². The average molecular weight is 209 g/mol. The van der Waals surface area contributed by atoms with Crippen molar-refractivity contribution in [1.29, 1.82) is 5.26 Å². The van der Waals surface area contributed by atoms with Crippen LogP contribution in [-0.4, -0.2) is 36.5 Å². The van der Waals surface area contributed by atoms with E-state index in [0.717, 1.165) is 19.4 Å². The van der Waals surface area contributed by atoms with Gasteiger partial charge >= 0.3 is 0 Å². The molecule has 0 saturated carbocycles. The van der Waals surface area contributed by atoms with Crippen molar-refractivity contribution in [3.05, 3.63) is 0 Å². The fourth-order valence-corrected chi connectivity index (χ4v) is 1.89. The lowest BCUT2D eigenvalue weighted by Gasteiger charge is -2.26. The predicted molar refractivity (Wildman–Crippen MR) is 58.0 cm³/mol. The fraction of sp³-hybridized carbons (Fsp3) is 0.818. The number of likely N-dealkylation sites (tertiary alicyclic amines) is 1. The summed E-state index contributed by atoms with van der Waals surface area (Å²) in [5, 5.41) is 12.0. The van der Waals surface area contributed by atoms with Gasteiger partial charge in [0.2, 0.25) is 5.91 Å². The first-order chi connectivity index (χ1) is 7.11. The highest BCUT2D eigenvalue weighted by atomic mass is 16.2. The molecule has 3 atom stereocenters. The summed E-state index contributed by atoms with van der Waals surface area (Å²) in [6.45, 7) is 4.63. The maximum Gasteiger partial charge on any atom is 0.228 e. The minimum Gasteiger partial charge on any atom is -0.326 e. The van der Waals surface area contributed by atoms with Crippen LogP contribution < -0.4 is 5.32 Å². The molecule has 1 saturated heterocycles. The number of hydrogen-bond acceptors (Lipinski definition) is 3. The number of nitrogens with one attached hydrogen (secondary N) is 1. The Kier molecular flexibility index (Phi) is 4.10. The zero-order valence-electron chi connectivity index (χ0n) is 9.66. The monoisotopic (exact) mass is 209 g/mol. The molecule has 0 aliphatic carbocycles. The number of carbonyl (C=O) groups excluding carboxylic acids is 1. The van der Waals surface area contributed by atoms with Crippen LogP contribution in [0, 0.1) is 17.2 Å². The molecule has 1 N–H and O–H groups in total. The molecule has 1 amide bonds. The summed E-state index contributed by atoms with van der Waals surface area (Å²) >= 11 is 0. The van der Waals surface area contributed by atoms with Crippen molar-refractivity contribution < 1.29 is 4.79 Å². The van der Waals surface area contributed by atoms with Gasteiger partial charge in [0, 0.05) is 12.6 Å². The molecule has 0 aromatic rings. The van der Waals surface area contributed by atoms with Crippen LogP contribution in [-0.2, 0) is 4.79 Å². The van der Waals surface area contributed by atoms with Crippen molar-refractivity contribution >= 4 is 5.91 Å². The van der Waals surface area contributed by atoms with Gasteiger partial charge in [0.15, 0.2) is 0 Å². The van der Waals surface area contributed by atoms with E-state index in [-0.39, 0.29) is 23.9 Å². The number of carbonyl (C=O) groups is 1. The summed E-state index contributed by atoms with van der Waals surface area (Å²) in [4.78, 5) is 13.8. The van der Waals surface area contributed by atoms with Gasteiger partial charge in [-0.05, 0) is 26.8 Å². The molecule has 0 bridgehead atoms. The van der Waals surface area contributed by atoms with Gasteiger partial charge in [-0.25, -0.2) is 0 Å². The number of rotatable bonds is 3. The van der Waals surface area contributed by atoms with E-state index in [0.29, 0.717) is 0 Å². The Hall–Kier alpha value is -1.08. The molecular weight excluding hydrogens is 190 g/mol. The van der Waals surface area contributed by atoms with E-state index in [1.54, 1.807) is 4.90 Å². The first-order valence-electron chi connectivity index (χ1n) is 5.49. The maximum absolute atomic E-state index is 12.0. The summed E-state index contributed by atoms with van der Waals surface area (Å²) in [7, 11) is 1.85. The third-order valence-electron chi connectivity index (χ3n) is 3.28. The molecule has 0 aromatic carbocycles. The number of nitrogens with zero attached hydrogens (tertiary/aromatic N) is 2. The van der Waals surface area contributed by atoms with Crippen molar-refractivity contribution in [2.75, 3.05) is 13.6 Å². The Balaban J connectivity index is 2.64. The van der Waals surface area contributed by atoms with Gasteiger partial charge < -0.3 is 10.2 Å². The van der Waals surface area contributed by atoms with Gasteiger partial charge in [0.25, 0.3) is 0 Å². The minimum atomic E-state index is -0.205. The zero-order chi connectivity index (χ0) is 11.4. The lowest BCUT2D eigenvalue weighted by molar-refractivity contribution is -0.135. The second-order valence-corrected chi connectivity index (χ2v) is 4.18. The van der Waals surface area contributed by atoms with Gasteiger partial charge in [-0.1, -0.05) is 6.92 Å². The van der Waals surface area contributed by atoms with Crippen LogP contribution in [0.25, 0.3) is 0 Å². The largest absolute Gasteiger partial charge is 0.326 e. The van der Waals surface area contributed by atoms with Crippen LogP contribution in [0.4, 0.5) is 0 Å². The molecule has 0 spiro atoms. The van der Waals surface area contributed by atoms with Crippen molar-refractivity contribution in [3.8, 4) is 6.07 Å². The second kappa shape index (κ2) is 5.13. The minimum absolute atomic E-state index is 0.0658. The van der Waals surface area contributed by atoms with E-state index in [1.165, 1.54) is 0 Å². The first kappa shape index (κ1) is 12.0. The van der Waals surface area contributed by atoms with Crippen LogP contribution in [0.15, 0.2) is 0 Å². The number of amides is 1. The maximum atomic E-state index is 12.0. The Morgan fingerprint density at radius 1 is 1.60 bits per heavy atom. The number of hydrogen-bond donors (Lipinski definition) is 1. The van der Waals surface area contributed by atoms with Crippen LogP contribution >= 0.6 is 0 Å². The van der Waals surface area contributed by atoms with E-state index in [9.17, 15) is 4.79 Å². The molecule has 15 heavy (non-hydrogen) atoms. The molecule has 4 heteroatoms. The normalized spacial score (nSPS) is 24.7. The molecule has 1 rings (SSSR count). The topological polar surface area (TPSA) is 56.1 Å². The fourth-order valence-electron chi connectivity index (χ4n) is 1.89. The summed E-state index contributed by atoms with van der Waals surface area (Å²) in [6.07, 6.45) is 1.77. The van der Waals surface area contributed by atoms with Gasteiger partial charge in [-0.15, -0.1) is 0 Å². The van der Waals surface area contributed by atoms with Crippen LogP contribution in [0.3, 0.4) is 0 Å². The van der Waals surface area contributed by atoms with E-state index >= 15 is 0 Å². The Morgan fingerprint density at radius 3 is 2.80 bits per heavy atom. The number of nitriles is 1. The lowest BCUT2D eigenvalue weighted by Crippen LogP contribution is -2.44. The second-order valence-electron chi connectivity index (χ2n) is 4.18. The van der Waals surface area contributed by atoms with Crippen molar-refractivity contribution in [2.45, 2.75) is 38.8 Å². The van der Waals surface area contributed by atoms with Crippen molar-refractivity contribution in [1.82, 2.24) is 10.2 Å². The highest BCUT2D eigenvalue weighted by molar-refractivity contribution is 5.80. The molecule has 0 aromatic heterocycles. The third-order valence-corrected chi connectivity index (χ3v) is 3.28. The van der Waals surface area contributed by atoms with Gasteiger partial charge in [0.05, 0.1) is 12.0 Å². The molecule has 1 heterocycles. The average Bonchev–Trinajstić information content (AvgIpc) is 2.73. The summed E-state index contributed by atoms with van der Waals surface area (Å²) in [6, 6.07) is 2.14. The molecular formula is C11H19N3O. The third kappa shape index (κ3) is 2.48. The molecule has 3 unspecified atom stereocenters. The van der Waals surface area contributed by atoms with E-state index in [1.807, 2.05) is 20.9 Å². The molecule has 1 aliphatic rings. The Labute approximate surface area is 91.2 Å². The SMILES string of the molecule is CNC(C)C(C)C(=O)N1CCCC1C#N. The zero-order valence-corrected chi connectivity index (χ0v) is 9.66. The smallest absolute Gasteiger partial charge is 0.228 e. The first-order valence-corrected chi connectivity index (χ1v) is 5.49. The quantitative estimate of drug-likeness (QED) is 0.746. The summed E-state index contributed by atoms with van der Waals surface area (Å²) in [5.74, 6) is 0.0323. The Bertz CT molecular complexity index is 271. The van der Waals surface area contributed by atoms with Crippen LogP contribution in [0.1, 0.15) is 26.7 Å². The highest BCUT2D eigenvalue weighted by Gasteiger charge is 2.32. The van der Waals surface area contributed by atoms with Gasteiger partial charge in [0.1, 0.15) is 6.04 Å². The lowest BCUT2D eigenvalue weighted by atomic mass is 10.0. The van der Waals surface area contributed by atoms with Crippen LogP contribution in [0.2, 0.25) is 0 Å². The van der Waals surface area contributed by atoms with Gasteiger partial charge in [-0.3, -0.25) is 4.79 Å².